The summed E-state index contributed by atoms with van der Waals surface area (Å²) in [7, 11) is -3.36. The minimum absolute atomic E-state index is 0.00346. The lowest BCUT2D eigenvalue weighted by atomic mass is 10.1. The van der Waals surface area contributed by atoms with Crippen molar-refractivity contribution in [1.29, 1.82) is 0 Å². The zero-order valence-corrected chi connectivity index (χ0v) is 14.1. The summed E-state index contributed by atoms with van der Waals surface area (Å²) in [6, 6.07) is -0.455. The van der Waals surface area contributed by atoms with Crippen molar-refractivity contribution in [2.24, 2.45) is 5.92 Å². The molecule has 1 aliphatic rings. The third-order valence-corrected chi connectivity index (χ3v) is 5.72. The second kappa shape index (κ2) is 8.24. The van der Waals surface area contributed by atoms with E-state index in [-0.39, 0.29) is 17.7 Å². The Hall–Kier alpha value is -0.270. The molecule has 0 bridgehead atoms. The number of nitrogens with one attached hydrogen (secondary N) is 2. The van der Waals surface area contributed by atoms with Crippen molar-refractivity contribution >= 4 is 27.7 Å². The smallest absolute Gasteiger partial charge is 0.238 e. The van der Waals surface area contributed by atoms with Gasteiger partial charge in [0.1, 0.15) is 6.04 Å². The fourth-order valence-corrected chi connectivity index (χ4v) is 3.72. The van der Waals surface area contributed by atoms with E-state index in [1.54, 1.807) is 18.7 Å². The minimum atomic E-state index is -3.36. The number of amides is 1. The van der Waals surface area contributed by atoms with E-state index in [1.807, 2.05) is 6.26 Å². The van der Waals surface area contributed by atoms with Crippen molar-refractivity contribution in [1.82, 2.24) is 10.0 Å². The van der Waals surface area contributed by atoms with Crippen LogP contribution in [0.1, 0.15) is 39.5 Å². The van der Waals surface area contributed by atoms with Crippen LogP contribution in [0.3, 0.4) is 0 Å². The van der Waals surface area contributed by atoms with Gasteiger partial charge in [0.2, 0.25) is 15.9 Å². The Labute approximate surface area is 126 Å². The molecule has 0 heterocycles. The van der Waals surface area contributed by atoms with Gasteiger partial charge >= 0.3 is 0 Å². The summed E-state index contributed by atoms with van der Waals surface area (Å²) in [5.74, 6) is 1.20. The molecule has 0 radical (unpaired) electrons. The van der Waals surface area contributed by atoms with Crippen molar-refractivity contribution in [3.8, 4) is 0 Å². The minimum Gasteiger partial charge on any atom is -0.352 e. The van der Waals surface area contributed by atoms with E-state index in [1.165, 1.54) is 0 Å². The van der Waals surface area contributed by atoms with Gasteiger partial charge < -0.3 is 5.32 Å². The summed E-state index contributed by atoms with van der Waals surface area (Å²) in [6.45, 7) is 3.75. The van der Waals surface area contributed by atoms with Crippen molar-refractivity contribution in [2.45, 2.75) is 51.6 Å². The Balaban J connectivity index is 2.59. The predicted molar refractivity (Wildman–Crippen MR) is 84.3 cm³/mol. The van der Waals surface area contributed by atoms with E-state index in [0.29, 0.717) is 12.3 Å². The van der Waals surface area contributed by atoms with Crippen LogP contribution in [0.2, 0.25) is 0 Å². The molecule has 7 heteroatoms. The molecule has 5 nitrogen and oxygen atoms in total. The lowest BCUT2D eigenvalue weighted by Crippen LogP contribution is -2.49. The third-order valence-electron chi connectivity index (χ3n) is 3.67. The highest BCUT2D eigenvalue weighted by atomic mass is 32.2. The van der Waals surface area contributed by atoms with Gasteiger partial charge in [0.15, 0.2) is 0 Å². The quantitative estimate of drug-likeness (QED) is 0.707. The van der Waals surface area contributed by atoms with E-state index in [0.717, 1.165) is 25.0 Å². The van der Waals surface area contributed by atoms with Crippen LogP contribution in [0.25, 0.3) is 0 Å². The molecular weight excluding hydrogens is 296 g/mol. The average molecular weight is 322 g/mol. The maximum Gasteiger partial charge on any atom is 0.238 e. The Kier molecular flexibility index (Phi) is 7.33. The molecule has 0 aromatic heterocycles. The normalized spacial score (nSPS) is 24.6. The molecule has 1 amide bonds. The molecule has 0 spiro atoms. The summed E-state index contributed by atoms with van der Waals surface area (Å²) < 4.78 is 25.8. The largest absolute Gasteiger partial charge is 0.352 e. The van der Waals surface area contributed by atoms with Gasteiger partial charge in [0.05, 0.1) is 5.75 Å². The van der Waals surface area contributed by atoms with Crippen LogP contribution in [-0.4, -0.2) is 44.2 Å². The molecule has 1 saturated carbocycles. The zero-order valence-electron chi connectivity index (χ0n) is 12.5. The topological polar surface area (TPSA) is 75.3 Å². The molecule has 0 aromatic rings. The van der Waals surface area contributed by atoms with Crippen LogP contribution >= 0.6 is 11.8 Å². The van der Waals surface area contributed by atoms with Crippen LogP contribution in [0.4, 0.5) is 0 Å². The first-order valence-corrected chi connectivity index (χ1v) is 10.2. The fourth-order valence-electron chi connectivity index (χ4n) is 2.42. The number of carbonyl (C=O) groups is 1. The third kappa shape index (κ3) is 6.01. The van der Waals surface area contributed by atoms with Crippen LogP contribution in [-0.2, 0) is 14.8 Å². The molecule has 1 rings (SSSR count). The molecule has 0 aliphatic heterocycles. The van der Waals surface area contributed by atoms with Crippen LogP contribution in [0.5, 0.6) is 0 Å². The predicted octanol–water partition coefficient (Wildman–Crippen LogP) is 1.35. The Morgan fingerprint density at radius 2 is 2.10 bits per heavy atom. The van der Waals surface area contributed by atoms with E-state index < -0.39 is 16.1 Å². The van der Waals surface area contributed by atoms with Gasteiger partial charge in [-0.1, -0.05) is 6.92 Å². The number of hydrogen-bond acceptors (Lipinski definition) is 4. The van der Waals surface area contributed by atoms with Gasteiger partial charge in [0.25, 0.3) is 0 Å². The number of rotatable bonds is 8. The molecule has 0 saturated heterocycles. The van der Waals surface area contributed by atoms with Crippen LogP contribution in [0.15, 0.2) is 0 Å². The SMILES string of the molecule is CCS(=O)(=O)NC(CCSC)C(=O)NC1CCC(C)C1. The fraction of sp³-hybridized carbons (Fsp3) is 0.923. The van der Waals surface area contributed by atoms with Crippen molar-refractivity contribution in [3.63, 3.8) is 0 Å². The lowest BCUT2D eigenvalue weighted by molar-refractivity contribution is -0.123. The highest BCUT2D eigenvalue weighted by Gasteiger charge is 2.28. The number of carbonyl (C=O) groups excluding carboxylic acids is 1. The first-order chi connectivity index (χ1) is 9.38. The standard InChI is InChI=1S/C13H26N2O3S2/c1-4-20(17,18)15-12(7-8-19-3)13(16)14-11-6-5-10(2)9-11/h10-12,15H,4-9H2,1-3H3,(H,14,16). The molecule has 118 valence electrons. The van der Waals surface area contributed by atoms with Crippen LogP contribution in [0, 0.1) is 5.92 Å². The number of thioether (sulfide) groups is 1. The molecule has 2 N–H and O–H groups in total. The molecule has 3 atom stereocenters. The maximum atomic E-state index is 12.3. The Morgan fingerprint density at radius 1 is 1.40 bits per heavy atom. The van der Waals surface area contributed by atoms with E-state index in [2.05, 4.69) is 17.0 Å². The van der Waals surface area contributed by atoms with Gasteiger partial charge in [-0.05, 0) is 50.5 Å². The van der Waals surface area contributed by atoms with Gasteiger partial charge in [-0.2, -0.15) is 11.8 Å². The van der Waals surface area contributed by atoms with Crippen LogP contribution < -0.4 is 10.0 Å². The highest BCUT2D eigenvalue weighted by Crippen LogP contribution is 2.24. The van der Waals surface area contributed by atoms with Crippen molar-refractivity contribution < 1.29 is 13.2 Å². The van der Waals surface area contributed by atoms with E-state index in [9.17, 15) is 13.2 Å². The second-order valence-electron chi connectivity index (χ2n) is 5.48. The average Bonchev–Trinajstić information content (AvgIpc) is 2.79. The summed E-state index contributed by atoms with van der Waals surface area (Å²) in [4.78, 5) is 12.3. The van der Waals surface area contributed by atoms with Gasteiger partial charge in [0, 0.05) is 6.04 Å². The monoisotopic (exact) mass is 322 g/mol. The van der Waals surface area contributed by atoms with Gasteiger partial charge in [-0.15, -0.1) is 0 Å². The number of hydrogen-bond donors (Lipinski definition) is 2. The summed E-state index contributed by atoms with van der Waals surface area (Å²) in [5, 5.41) is 2.99. The number of sulfonamides is 1. The molecule has 1 aliphatic carbocycles. The molecule has 1 fully saturated rings. The molecule has 0 aromatic carbocycles. The maximum absolute atomic E-state index is 12.3. The lowest BCUT2D eigenvalue weighted by Gasteiger charge is -2.20. The van der Waals surface area contributed by atoms with Gasteiger partial charge in [-0.3, -0.25) is 4.79 Å². The van der Waals surface area contributed by atoms with Crippen molar-refractivity contribution in [3.05, 3.63) is 0 Å². The second-order valence-corrected chi connectivity index (χ2v) is 8.51. The van der Waals surface area contributed by atoms with E-state index >= 15 is 0 Å². The molecule has 20 heavy (non-hydrogen) atoms. The Bertz CT molecular complexity index is 412. The first kappa shape index (κ1) is 17.8. The van der Waals surface area contributed by atoms with E-state index in [4.69, 9.17) is 0 Å². The van der Waals surface area contributed by atoms with Crippen molar-refractivity contribution in [2.75, 3.05) is 17.8 Å². The van der Waals surface area contributed by atoms with Gasteiger partial charge in [-0.25, -0.2) is 13.1 Å². The zero-order chi connectivity index (χ0) is 15.2. The first-order valence-electron chi connectivity index (χ1n) is 7.17. The summed E-state index contributed by atoms with van der Waals surface area (Å²) in [6.07, 6.45) is 5.57. The molecule has 3 unspecified atom stereocenters. The molecular formula is C13H26N2O3S2. The summed E-state index contributed by atoms with van der Waals surface area (Å²) in [5.41, 5.74) is 0. The Morgan fingerprint density at radius 3 is 2.60 bits per heavy atom. The summed E-state index contributed by atoms with van der Waals surface area (Å²) >= 11 is 1.61. The highest BCUT2D eigenvalue weighted by molar-refractivity contribution is 7.98.